The lowest BCUT2D eigenvalue weighted by molar-refractivity contribution is 0.206. The van der Waals surface area contributed by atoms with Crippen LogP contribution in [0, 0.1) is 0 Å². The van der Waals surface area contributed by atoms with Gasteiger partial charge in [0, 0.05) is 24.2 Å². The van der Waals surface area contributed by atoms with E-state index in [9.17, 15) is 5.11 Å². The van der Waals surface area contributed by atoms with Crippen molar-refractivity contribution in [3.05, 3.63) is 58.9 Å². The van der Waals surface area contributed by atoms with Crippen molar-refractivity contribution in [2.24, 2.45) is 0 Å². The molecule has 136 valence electrons. The van der Waals surface area contributed by atoms with E-state index >= 15 is 0 Å². The SMILES string of the molecule is OCc1cccnc1C1CCN(CCCc2nc3ccccc3s2)CC1. The highest BCUT2D eigenvalue weighted by Gasteiger charge is 2.23. The third kappa shape index (κ3) is 3.95. The predicted octanol–water partition coefficient (Wildman–Crippen LogP) is 4.00. The Hall–Kier alpha value is -1.82. The highest BCUT2D eigenvalue weighted by Crippen LogP contribution is 2.29. The second-order valence-electron chi connectivity index (χ2n) is 7.00. The van der Waals surface area contributed by atoms with Crippen LogP contribution in [0.25, 0.3) is 10.2 Å². The van der Waals surface area contributed by atoms with Crippen LogP contribution in [0.15, 0.2) is 42.6 Å². The van der Waals surface area contributed by atoms with Crippen molar-refractivity contribution in [1.82, 2.24) is 14.9 Å². The molecule has 0 spiro atoms. The van der Waals surface area contributed by atoms with Crippen molar-refractivity contribution in [2.75, 3.05) is 19.6 Å². The van der Waals surface area contributed by atoms with Crippen molar-refractivity contribution in [2.45, 2.75) is 38.2 Å². The molecular weight excluding hydrogens is 342 g/mol. The van der Waals surface area contributed by atoms with Crippen molar-refractivity contribution in [3.63, 3.8) is 0 Å². The van der Waals surface area contributed by atoms with Crippen LogP contribution in [0.5, 0.6) is 0 Å². The zero-order valence-corrected chi connectivity index (χ0v) is 15.8. The summed E-state index contributed by atoms with van der Waals surface area (Å²) in [7, 11) is 0. The average molecular weight is 368 g/mol. The minimum absolute atomic E-state index is 0.0888. The zero-order chi connectivity index (χ0) is 17.8. The lowest BCUT2D eigenvalue weighted by atomic mass is 9.90. The summed E-state index contributed by atoms with van der Waals surface area (Å²) in [5, 5.41) is 10.8. The van der Waals surface area contributed by atoms with Crippen LogP contribution in [0.4, 0.5) is 0 Å². The van der Waals surface area contributed by atoms with Crippen LogP contribution in [-0.4, -0.2) is 39.6 Å². The lowest BCUT2D eigenvalue weighted by Gasteiger charge is -2.32. The molecule has 1 aliphatic heterocycles. The van der Waals surface area contributed by atoms with Gasteiger partial charge in [-0.2, -0.15) is 0 Å². The van der Waals surface area contributed by atoms with Crippen molar-refractivity contribution in [1.29, 1.82) is 0 Å². The quantitative estimate of drug-likeness (QED) is 0.715. The van der Waals surface area contributed by atoms with Gasteiger partial charge >= 0.3 is 0 Å². The molecule has 0 saturated carbocycles. The number of aliphatic hydroxyl groups excluding tert-OH is 1. The highest BCUT2D eigenvalue weighted by atomic mass is 32.1. The second kappa shape index (κ2) is 8.25. The number of para-hydroxylation sites is 1. The first-order chi connectivity index (χ1) is 12.8. The standard InChI is InChI=1S/C21H25N3OS/c25-15-17-5-3-11-22-21(17)16-9-13-24(14-10-16)12-4-8-20-23-18-6-1-2-7-19(18)26-20/h1-3,5-7,11,16,25H,4,8-10,12-15H2. The van der Waals surface area contributed by atoms with Gasteiger partial charge in [0.2, 0.25) is 0 Å². The summed E-state index contributed by atoms with van der Waals surface area (Å²) in [6.45, 7) is 3.46. The van der Waals surface area contributed by atoms with E-state index in [1.54, 1.807) is 0 Å². The Bertz CT molecular complexity index is 822. The number of likely N-dealkylation sites (tertiary alicyclic amines) is 1. The molecule has 1 N–H and O–H groups in total. The minimum atomic E-state index is 0.0888. The van der Waals surface area contributed by atoms with Crippen molar-refractivity contribution >= 4 is 21.6 Å². The van der Waals surface area contributed by atoms with Crippen LogP contribution < -0.4 is 0 Å². The predicted molar refractivity (Wildman–Crippen MR) is 107 cm³/mol. The summed E-state index contributed by atoms with van der Waals surface area (Å²) in [5.74, 6) is 0.485. The molecule has 4 rings (SSSR count). The van der Waals surface area contributed by atoms with Gasteiger partial charge in [0.15, 0.2) is 0 Å². The molecule has 5 heteroatoms. The maximum Gasteiger partial charge on any atom is 0.0939 e. The van der Waals surface area contributed by atoms with Crippen LogP contribution in [0.3, 0.4) is 0 Å². The number of benzene rings is 1. The van der Waals surface area contributed by atoms with E-state index in [1.165, 1.54) is 9.71 Å². The van der Waals surface area contributed by atoms with E-state index in [0.29, 0.717) is 5.92 Å². The lowest BCUT2D eigenvalue weighted by Crippen LogP contribution is -2.34. The Morgan fingerprint density at radius 1 is 1.12 bits per heavy atom. The fraction of sp³-hybridized carbons (Fsp3) is 0.429. The number of aliphatic hydroxyl groups is 1. The maximum absolute atomic E-state index is 9.52. The molecule has 2 aromatic heterocycles. The molecule has 1 saturated heterocycles. The van der Waals surface area contributed by atoms with Gasteiger partial charge in [-0.05, 0) is 62.7 Å². The number of aromatic nitrogens is 2. The molecule has 4 nitrogen and oxygen atoms in total. The van der Waals surface area contributed by atoms with Gasteiger partial charge in [0.1, 0.15) is 0 Å². The van der Waals surface area contributed by atoms with E-state index in [4.69, 9.17) is 4.98 Å². The number of thiazole rings is 1. The Morgan fingerprint density at radius 3 is 2.77 bits per heavy atom. The van der Waals surface area contributed by atoms with Gasteiger partial charge in [-0.25, -0.2) is 4.98 Å². The van der Waals surface area contributed by atoms with Crippen LogP contribution in [-0.2, 0) is 13.0 Å². The first-order valence-corrected chi connectivity index (χ1v) is 10.3. The summed E-state index contributed by atoms with van der Waals surface area (Å²) in [6, 6.07) is 12.3. The number of rotatable bonds is 6. The first-order valence-electron chi connectivity index (χ1n) is 9.45. The van der Waals surface area contributed by atoms with E-state index in [0.717, 1.165) is 62.1 Å². The Labute approximate surface area is 158 Å². The fourth-order valence-corrected chi connectivity index (χ4v) is 4.87. The Balaban J connectivity index is 1.26. The summed E-state index contributed by atoms with van der Waals surface area (Å²) >= 11 is 1.82. The molecular formula is C21H25N3OS. The summed E-state index contributed by atoms with van der Waals surface area (Å²) < 4.78 is 1.29. The molecule has 0 atom stereocenters. The first kappa shape index (κ1) is 17.6. The Kier molecular flexibility index (Phi) is 5.58. The van der Waals surface area contributed by atoms with Gasteiger partial charge in [-0.1, -0.05) is 18.2 Å². The van der Waals surface area contributed by atoms with E-state index in [1.807, 2.05) is 29.7 Å². The largest absolute Gasteiger partial charge is 0.392 e. The van der Waals surface area contributed by atoms with Gasteiger partial charge in [0.05, 0.1) is 21.8 Å². The normalized spacial score (nSPS) is 16.3. The zero-order valence-electron chi connectivity index (χ0n) is 15.0. The number of nitrogens with zero attached hydrogens (tertiary/aromatic N) is 3. The monoisotopic (exact) mass is 367 g/mol. The van der Waals surface area contributed by atoms with Gasteiger partial charge in [-0.15, -0.1) is 11.3 Å². The number of aryl methyl sites for hydroxylation is 1. The molecule has 0 bridgehead atoms. The number of piperidine rings is 1. The van der Waals surface area contributed by atoms with Crippen LogP contribution >= 0.6 is 11.3 Å². The van der Waals surface area contributed by atoms with E-state index < -0.39 is 0 Å². The van der Waals surface area contributed by atoms with E-state index in [2.05, 4.69) is 34.1 Å². The molecule has 3 aromatic rings. The van der Waals surface area contributed by atoms with Crippen molar-refractivity contribution < 1.29 is 5.11 Å². The molecule has 0 aliphatic carbocycles. The molecule has 1 aromatic carbocycles. The number of pyridine rings is 1. The summed E-state index contributed by atoms with van der Waals surface area (Å²) in [5.41, 5.74) is 3.22. The topological polar surface area (TPSA) is 49.3 Å². The summed E-state index contributed by atoms with van der Waals surface area (Å²) in [6.07, 6.45) is 6.33. The molecule has 0 radical (unpaired) electrons. The number of fused-ring (bicyclic) bond motifs is 1. The maximum atomic E-state index is 9.52. The average Bonchev–Trinajstić information content (AvgIpc) is 3.11. The van der Waals surface area contributed by atoms with Crippen molar-refractivity contribution in [3.8, 4) is 0 Å². The van der Waals surface area contributed by atoms with Gasteiger partial charge < -0.3 is 10.0 Å². The highest BCUT2D eigenvalue weighted by molar-refractivity contribution is 7.18. The molecule has 1 aliphatic rings. The molecule has 1 fully saturated rings. The van der Waals surface area contributed by atoms with E-state index in [-0.39, 0.29) is 6.61 Å². The second-order valence-corrected chi connectivity index (χ2v) is 8.12. The molecule has 0 amide bonds. The smallest absolute Gasteiger partial charge is 0.0939 e. The fourth-order valence-electron chi connectivity index (χ4n) is 3.86. The third-order valence-electron chi connectivity index (χ3n) is 5.27. The van der Waals surface area contributed by atoms with Crippen LogP contribution in [0.2, 0.25) is 0 Å². The third-order valence-corrected chi connectivity index (χ3v) is 6.37. The van der Waals surface area contributed by atoms with Crippen LogP contribution in [0.1, 0.15) is 41.4 Å². The minimum Gasteiger partial charge on any atom is -0.392 e. The Morgan fingerprint density at radius 2 is 1.96 bits per heavy atom. The van der Waals surface area contributed by atoms with Gasteiger partial charge in [0.25, 0.3) is 0 Å². The number of hydrogen-bond donors (Lipinski definition) is 1. The number of hydrogen-bond acceptors (Lipinski definition) is 5. The van der Waals surface area contributed by atoms with Gasteiger partial charge in [-0.3, -0.25) is 4.98 Å². The molecule has 3 heterocycles. The molecule has 0 unspecified atom stereocenters. The summed E-state index contributed by atoms with van der Waals surface area (Å²) in [4.78, 5) is 11.8. The molecule has 26 heavy (non-hydrogen) atoms.